The minimum Gasteiger partial charge on any atom is -0.337 e. The lowest BCUT2D eigenvalue weighted by molar-refractivity contribution is -0.384. The van der Waals surface area contributed by atoms with Gasteiger partial charge in [0.1, 0.15) is 11.1 Å². The van der Waals surface area contributed by atoms with E-state index in [-0.39, 0.29) is 28.2 Å². The van der Waals surface area contributed by atoms with Crippen molar-refractivity contribution in [1.82, 2.24) is 15.0 Å². The average molecular weight is 399 g/mol. The number of rotatable bonds is 4. The van der Waals surface area contributed by atoms with Crippen molar-refractivity contribution in [1.29, 1.82) is 0 Å². The van der Waals surface area contributed by atoms with Gasteiger partial charge in [-0.3, -0.25) is 14.9 Å². The first kappa shape index (κ1) is 18.1. The lowest BCUT2D eigenvalue weighted by Gasteiger charge is -2.21. The molecule has 1 aliphatic rings. The maximum absolute atomic E-state index is 13.0. The number of likely N-dealkylation sites (tertiary alicyclic amines) is 1. The Morgan fingerprint density at radius 2 is 2.04 bits per heavy atom. The van der Waals surface area contributed by atoms with E-state index in [4.69, 9.17) is 16.1 Å². The third-order valence-electron chi connectivity index (χ3n) is 4.66. The molecule has 2 aromatic carbocycles. The first-order valence-corrected chi connectivity index (χ1v) is 9.06. The normalized spacial score (nSPS) is 16.3. The second-order valence-electron chi connectivity index (χ2n) is 6.40. The van der Waals surface area contributed by atoms with E-state index in [1.165, 1.54) is 18.2 Å². The molecule has 3 aromatic rings. The highest BCUT2D eigenvalue weighted by Gasteiger charge is 2.35. The van der Waals surface area contributed by atoms with Gasteiger partial charge in [-0.1, -0.05) is 47.1 Å². The highest BCUT2D eigenvalue weighted by molar-refractivity contribution is 6.32. The highest BCUT2D eigenvalue weighted by atomic mass is 35.5. The van der Waals surface area contributed by atoms with Gasteiger partial charge in [0.25, 0.3) is 11.6 Å². The molecular weight excluding hydrogens is 384 g/mol. The van der Waals surface area contributed by atoms with Crippen LogP contribution in [0.3, 0.4) is 0 Å². The van der Waals surface area contributed by atoms with Gasteiger partial charge in [-0.2, -0.15) is 4.98 Å². The van der Waals surface area contributed by atoms with Gasteiger partial charge in [-0.15, -0.1) is 0 Å². The number of halogens is 1. The molecular formula is C19H15ClN4O4. The molecule has 1 atom stereocenters. The summed E-state index contributed by atoms with van der Waals surface area (Å²) < 4.78 is 5.42. The van der Waals surface area contributed by atoms with E-state index in [0.29, 0.717) is 24.7 Å². The Hall–Kier alpha value is -3.26. The summed E-state index contributed by atoms with van der Waals surface area (Å²) in [5.74, 6) is 0.479. The Labute approximate surface area is 164 Å². The van der Waals surface area contributed by atoms with E-state index < -0.39 is 4.92 Å². The maximum Gasteiger partial charge on any atom is 0.288 e. The van der Waals surface area contributed by atoms with Crippen LogP contribution in [0.1, 0.15) is 35.1 Å². The molecule has 142 valence electrons. The largest absolute Gasteiger partial charge is 0.337 e. The number of carbonyl (C=O) groups excluding carboxylic acids is 1. The van der Waals surface area contributed by atoms with Crippen molar-refractivity contribution in [3.8, 4) is 11.4 Å². The summed E-state index contributed by atoms with van der Waals surface area (Å²) in [5.41, 5.74) is 0.722. The Morgan fingerprint density at radius 1 is 1.25 bits per heavy atom. The van der Waals surface area contributed by atoms with Gasteiger partial charge >= 0.3 is 0 Å². The van der Waals surface area contributed by atoms with E-state index in [9.17, 15) is 14.9 Å². The minimum absolute atomic E-state index is 0.0103. The molecule has 0 N–H and O–H groups in total. The number of nitro benzene ring substituents is 1. The Bertz CT molecular complexity index is 1040. The van der Waals surface area contributed by atoms with Crippen LogP contribution >= 0.6 is 11.6 Å². The van der Waals surface area contributed by atoms with Crippen LogP contribution in [0.5, 0.6) is 0 Å². The monoisotopic (exact) mass is 398 g/mol. The van der Waals surface area contributed by atoms with E-state index >= 15 is 0 Å². The van der Waals surface area contributed by atoms with Crippen LogP contribution in [-0.2, 0) is 0 Å². The van der Waals surface area contributed by atoms with Crippen molar-refractivity contribution in [2.24, 2.45) is 0 Å². The summed E-state index contributed by atoms with van der Waals surface area (Å²) in [7, 11) is 0. The molecule has 1 aromatic heterocycles. The van der Waals surface area contributed by atoms with E-state index in [2.05, 4.69) is 10.1 Å². The maximum atomic E-state index is 13.0. The molecule has 8 nitrogen and oxygen atoms in total. The van der Waals surface area contributed by atoms with Gasteiger partial charge in [0.15, 0.2) is 0 Å². The van der Waals surface area contributed by atoms with Gasteiger partial charge in [0.2, 0.25) is 11.7 Å². The van der Waals surface area contributed by atoms with Crippen LogP contribution in [0, 0.1) is 10.1 Å². The topological polar surface area (TPSA) is 102 Å². The Morgan fingerprint density at radius 3 is 2.79 bits per heavy atom. The quantitative estimate of drug-likeness (QED) is 0.480. The fourth-order valence-electron chi connectivity index (χ4n) is 3.29. The fourth-order valence-corrected chi connectivity index (χ4v) is 3.48. The van der Waals surface area contributed by atoms with Crippen molar-refractivity contribution in [3.05, 3.63) is 75.1 Å². The summed E-state index contributed by atoms with van der Waals surface area (Å²) in [6.45, 7) is 0.503. The molecule has 1 unspecified atom stereocenters. The summed E-state index contributed by atoms with van der Waals surface area (Å²) in [6, 6.07) is 13.1. The third-order valence-corrected chi connectivity index (χ3v) is 4.98. The minimum atomic E-state index is -0.606. The van der Waals surface area contributed by atoms with E-state index in [0.717, 1.165) is 12.0 Å². The second kappa shape index (κ2) is 7.40. The molecule has 1 amide bonds. The van der Waals surface area contributed by atoms with Crippen LogP contribution in [0.25, 0.3) is 11.4 Å². The zero-order valence-electron chi connectivity index (χ0n) is 14.6. The van der Waals surface area contributed by atoms with E-state index in [1.54, 1.807) is 4.90 Å². The zero-order chi connectivity index (χ0) is 19.7. The molecule has 1 aliphatic heterocycles. The molecule has 2 heterocycles. The summed E-state index contributed by atoms with van der Waals surface area (Å²) in [5, 5.41) is 15.1. The van der Waals surface area contributed by atoms with Crippen LogP contribution in [0.2, 0.25) is 5.02 Å². The molecule has 1 fully saturated rings. The van der Waals surface area contributed by atoms with Gasteiger partial charge in [0.05, 0.1) is 4.92 Å². The van der Waals surface area contributed by atoms with Crippen LogP contribution in [0.4, 0.5) is 5.69 Å². The zero-order valence-corrected chi connectivity index (χ0v) is 15.4. The van der Waals surface area contributed by atoms with Crippen molar-refractivity contribution in [3.63, 3.8) is 0 Å². The molecule has 1 saturated heterocycles. The van der Waals surface area contributed by atoms with Gasteiger partial charge in [-0.05, 0) is 25.0 Å². The predicted octanol–water partition coefficient (Wildman–Crippen LogP) is 4.28. The van der Waals surface area contributed by atoms with Crippen molar-refractivity contribution >= 4 is 23.2 Å². The third kappa shape index (κ3) is 3.34. The Kier molecular flexibility index (Phi) is 4.79. The van der Waals surface area contributed by atoms with Crippen molar-refractivity contribution < 1.29 is 14.2 Å². The van der Waals surface area contributed by atoms with Gasteiger partial charge < -0.3 is 9.42 Å². The number of carbonyl (C=O) groups is 1. The average Bonchev–Trinajstić information content (AvgIpc) is 3.37. The summed E-state index contributed by atoms with van der Waals surface area (Å²) >= 11 is 5.84. The molecule has 28 heavy (non-hydrogen) atoms. The van der Waals surface area contributed by atoms with Crippen molar-refractivity contribution in [2.45, 2.75) is 18.9 Å². The summed E-state index contributed by atoms with van der Waals surface area (Å²) in [4.78, 5) is 29.5. The fraction of sp³-hybridized carbons (Fsp3) is 0.211. The van der Waals surface area contributed by atoms with Crippen molar-refractivity contribution in [2.75, 3.05) is 6.54 Å². The van der Waals surface area contributed by atoms with Gasteiger partial charge in [-0.25, -0.2) is 0 Å². The molecule has 0 spiro atoms. The first-order valence-electron chi connectivity index (χ1n) is 8.68. The molecule has 0 saturated carbocycles. The lowest BCUT2D eigenvalue weighted by atomic mass is 10.1. The van der Waals surface area contributed by atoms with Crippen LogP contribution < -0.4 is 0 Å². The van der Waals surface area contributed by atoms with Crippen LogP contribution in [0.15, 0.2) is 53.1 Å². The van der Waals surface area contributed by atoms with Crippen LogP contribution in [-0.4, -0.2) is 32.4 Å². The number of nitro groups is 1. The Balaban J connectivity index is 1.61. The number of amides is 1. The lowest BCUT2D eigenvalue weighted by Crippen LogP contribution is -2.30. The molecule has 0 radical (unpaired) electrons. The molecule has 0 bridgehead atoms. The number of hydrogen-bond acceptors (Lipinski definition) is 6. The first-order chi connectivity index (χ1) is 13.5. The number of benzene rings is 2. The van der Waals surface area contributed by atoms with Gasteiger partial charge in [0, 0.05) is 23.7 Å². The predicted molar refractivity (Wildman–Crippen MR) is 101 cm³/mol. The number of hydrogen-bond donors (Lipinski definition) is 0. The summed E-state index contributed by atoms with van der Waals surface area (Å²) in [6.07, 6.45) is 1.45. The standard InChI is InChI=1S/C19H15ClN4O4/c20-14-9-8-13(11-16(14)24(26)27)19(25)23-10-4-7-15(23)18-21-17(22-28-18)12-5-2-1-3-6-12/h1-3,5-6,8-9,11,15H,4,7,10H2. The molecule has 9 heteroatoms. The molecule has 0 aliphatic carbocycles. The van der Waals surface area contributed by atoms with E-state index in [1.807, 2.05) is 30.3 Å². The second-order valence-corrected chi connectivity index (χ2v) is 6.81. The number of nitrogens with zero attached hydrogens (tertiary/aromatic N) is 4. The number of aromatic nitrogens is 2. The highest BCUT2D eigenvalue weighted by Crippen LogP contribution is 2.34. The molecule has 4 rings (SSSR count). The smallest absolute Gasteiger partial charge is 0.288 e. The SMILES string of the molecule is O=C(c1ccc(Cl)c([N+](=O)[O-])c1)N1CCCC1c1nc(-c2ccccc2)no1.